The van der Waals surface area contributed by atoms with E-state index in [4.69, 9.17) is 5.73 Å². The SMILES string of the molecule is Nc1nn(-c2ccc(F)cc2)c2nc3ccccc3cc12. The van der Waals surface area contributed by atoms with Gasteiger partial charge in [0.05, 0.1) is 16.6 Å². The van der Waals surface area contributed by atoms with Gasteiger partial charge in [-0.1, -0.05) is 18.2 Å². The van der Waals surface area contributed by atoms with Crippen molar-refractivity contribution in [3.8, 4) is 5.69 Å². The smallest absolute Gasteiger partial charge is 0.165 e. The van der Waals surface area contributed by atoms with E-state index in [1.165, 1.54) is 12.1 Å². The third-order valence-electron chi connectivity index (χ3n) is 3.46. The van der Waals surface area contributed by atoms with Crippen LogP contribution < -0.4 is 5.73 Å². The molecule has 0 aliphatic carbocycles. The van der Waals surface area contributed by atoms with E-state index in [0.29, 0.717) is 11.5 Å². The van der Waals surface area contributed by atoms with Crippen molar-refractivity contribution >= 4 is 27.8 Å². The molecule has 0 bridgehead atoms. The van der Waals surface area contributed by atoms with Crippen molar-refractivity contribution in [2.75, 3.05) is 5.73 Å². The van der Waals surface area contributed by atoms with Gasteiger partial charge >= 0.3 is 0 Å². The molecule has 4 aromatic rings. The summed E-state index contributed by atoms with van der Waals surface area (Å²) in [6.45, 7) is 0. The van der Waals surface area contributed by atoms with Crippen LogP contribution in [0, 0.1) is 5.82 Å². The van der Waals surface area contributed by atoms with Crippen LogP contribution in [0.2, 0.25) is 0 Å². The molecular formula is C16H11FN4. The fourth-order valence-electron chi connectivity index (χ4n) is 2.43. The Morgan fingerprint density at radius 3 is 2.57 bits per heavy atom. The summed E-state index contributed by atoms with van der Waals surface area (Å²) in [5, 5.41) is 6.12. The topological polar surface area (TPSA) is 56.7 Å². The lowest BCUT2D eigenvalue weighted by atomic mass is 10.2. The molecule has 2 aromatic heterocycles. The minimum atomic E-state index is -0.290. The van der Waals surface area contributed by atoms with Gasteiger partial charge in [-0.05, 0) is 36.4 Å². The summed E-state index contributed by atoms with van der Waals surface area (Å²) < 4.78 is 14.7. The molecule has 0 fully saturated rings. The molecule has 0 spiro atoms. The van der Waals surface area contributed by atoms with Crippen LogP contribution in [0.3, 0.4) is 0 Å². The molecule has 5 heteroatoms. The zero-order valence-corrected chi connectivity index (χ0v) is 11.0. The van der Waals surface area contributed by atoms with E-state index in [1.54, 1.807) is 16.8 Å². The summed E-state index contributed by atoms with van der Waals surface area (Å²) in [6, 6.07) is 15.9. The van der Waals surface area contributed by atoms with E-state index >= 15 is 0 Å². The Hall–Kier alpha value is -2.95. The van der Waals surface area contributed by atoms with Gasteiger partial charge in [0.2, 0.25) is 0 Å². The first-order chi connectivity index (χ1) is 10.2. The van der Waals surface area contributed by atoms with Crippen molar-refractivity contribution < 1.29 is 4.39 Å². The molecule has 102 valence electrons. The zero-order valence-electron chi connectivity index (χ0n) is 11.0. The number of para-hydroxylation sites is 1. The second-order valence-corrected chi connectivity index (χ2v) is 4.83. The van der Waals surface area contributed by atoms with Crippen molar-refractivity contribution in [1.82, 2.24) is 14.8 Å². The van der Waals surface area contributed by atoms with Crippen LogP contribution >= 0.6 is 0 Å². The number of aromatic nitrogens is 3. The molecule has 0 atom stereocenters. The number of pyridine rings is 1. The van der Waals surface area contributed by atoms with Crippen LogP contribution in [0.5, 0.6) is 0 Å². The maximum Gasteiger partial charge on any atom is 0.165 e. The monoisotopic (exact) mass is 278 g/mol. The van der Waals surface area contributed by atoms with E-state index in [1.807, 2.05) is 30.3 Å². The van der Waals surface area contributed by atoms with Gasteiger partial charge in [-0.15, -0.1) is 5.10 Å². The highest BCUT2D eigenvalue weighted by atomic mass is 19.1. The first kappa shape index (κ1) is 11.8. The summed E-state index contributed by atoms with van der Waals surface area (Å²) in [6.07, 6.45) is 0. The van der Waals surface area contributed by atoms with Gasteiger partial charge in [0.1, 0.15) is 5.82 Å². The number of hydrogen-bond acceptors (Lipinski definition) is 3. The van der Waals surface area contributed by atoms with Crippen molar-refractivity contribution in [2.45, 2.75) is 0 Å². The fourth-order valence-corrected chi connectivity index (χ4v) is 2.43. The molecule has 0 unspecified atom stereocenters. The normalized spacial score (nSPS) is 11.3. The molecule has 0 aliphatic rings. The predicted molar refractivity (Wildman–Crippen MR) is 80.7 cm³/mol. The standard InChI is InChI=1S/C16H11FN4/c17-11-5-7-12(8-6-11)21-16-13(15(18)20-21)9-10-3-1-2-4-14(10)19-16/h1-9H,(H2,18,20). The highest BCUT2D eigenvalue weighted by Crippen LogP contribution is 2.26. The Morgan fingerprint density at radius 1 is 1.00 bits per heavy atom. The molecule has 0 aliphatic heterocycles. The summed E-state index contributed by atoms with van der Waals surface area (Å²) in [7, 11) is 0. The lowest BCUT2D eigenvalue weighted by molar-refractivity contribution is 0.627. The Morgan fingerprint density at radius 2 is 1.76 bits per heavy atom. The Labute approximate surface area is 119 Å². The maximum atomic E-state index is 13.1. The van der Waals surface area contributed by atoms with Crippen LogP contribution in [0.4, 0.5) is 10.2 Å². The molecule has 21 heavy (non-hydrogen) atoms. The van der Waals surface area contributed by atoms with Gasteiger partial charge in [-0.2, -0.15) is 0 Å². The summed E-state index contributed by atoms with van der Waals surface area (Å²) in [5.41, 5.74) is 8.25. The molecule has 2 heterocycles. The molecule has 4 nitrogen and oxygen atoms in total. The molecule has 0 radical (unpaired) electrons. The van der Waals surface area contributed by atoms with Gasteiger partial charge in [-0.3, -0.25) is 0 Å². The number of nitrogen functional groups attached to an aromatic ring is 1. The highest BCUT2D eigenvalue weighted by molar-refractivity contribution is 5.97. The molecule has 0 saturated carbocycles. The zero-order chi connectivity index (χ0) is 14.4. The first-order valence-electron chi connectivity index (χ1n) is 6.52. The molecule has 0 amide bonds. The largest absolute Gasteiger partial charge is 0.382 e. The third-order valence-corrected chi connectivity index (χ3v) is 3.46. The van der Waals surface area contributed by atoms with Gasteiger partial charge in [0, 0.05) is 5.39 Å². The van der Waals surface area contributed by atoms with Crippen molar-refractivity contribution in [3.05, 3.63) is 60.4 Å². The van der Waals surface area contributed by atoms with Crippen LogP contribution in [0.1, 0.15) is 0 Å². The molecule has 0 saturated heterocycles. The second kappa shape index (κ2) is 4.28. The van der Waals surface area contributed by atoms with Crippen molar-refractivity contribution in [1.29, 1.82) is 0 Å². The maximum absolute atomic E-state index is 13.1. The van der Waals surface area contributed by atoms with Gasteiger partial charge in [0.15, 0.2) is 11.5 Å². The number of anilines is 1. The number of benzene rings is 2. The van der Waals surface area contributed by atoms with Crippen molar-refractivity contribution in [2.24, 2.45) is 0 Å². The Kier molecular flexibility index (Phi) is 2.41. The van der Waals surface area contributed by atoms with Gasteiger partial charge < -0.3 is 5.73 Å². The predicted octanol–water partition coefficient (Wildman–Crippen LogP) is 3.30. The minimum absolute atomic E-state index is 0.290. The lowest BCUT2D eigenvalue weighted by Gasteiger charge is -2.03. The molecule has 2 N–H and O–H groups in total. The average molecular weight is 278 g/mol. The van der Waals surface area contributed by atoms with E-state index < -0.39 is 0 Å². The number of halogens is 1. The summed E-state index contributed by atoms with van der Waals surface area (Å²) in [4.78, 5) is 4.62. The minimum Gasteiger partial charge on any atom is -0.382 e. The molecule has 4 rings (SSSR count). The molecule has 2 aromatic carbocycles. The van der Waals surface area contributed by atoms with E-state index in [0.717, 1.165) is 22.0 Å². The second-order valence-electron chi connectivity index (χ2n) is 4.83. The van der Waals surface area contributed by atoms with Crippen LogP contribution in [0.15, 0.2) is 54.6 Å². The van der Waals surface area contributed by atoms with E-state index in [-0.39, 0.29) is 5.82 Å². The highest BCUT2D eigenvalue weighted by Gasteiger charge is 2.12. The van der Waals surface area contributed by atoms with Gasteiger partial charge in [-0.25, -0.2) is 14.1 Å². The van der Waals surface area contributed by atoms with Crippen LogP contribution in [-0.2, 0) is 0 Å². The average Bonchev–Trinajstić information content (AvgIpc) is 2.83. The Balaban J connectivity index is 2.05. The van der Waals surface area contributed by atoms with E-state index in [9.17, 15) is 4.39 Å². The van der Waals surface area contributed by atoms with E-state index in [2.05, 4.69) is 10.1 Å². The first-order valence-corrected chi connectivity index (χ1v) is 6.52. The fraction of sp³-hybridized carbons (Fsp3) is 0. The third kappa shape index (κ3) is 1.82. The number of nitrogens with two attached hydrogens (primary N) is 1. The van der Waals surface area contributed by atoms with Crippen LogP contribution in [0.25, 0.3) is 27.6 Å². The number of hydrogen-bond donors (Lipinski definition) is 1. The number of fused-ring (bicyclic) bond motifs is 2. The van der Waals surface area contributed by atoms with Crippen molar-refractivity contribution in [3.63, 3.8) is 0 Å². The van der Waals surface area contributed by atoms with Gasteiger partial charge in [0.25, 0.3) is 0 Å². The number of nitrogens with zero attached hydrogens (tertiary/aromatic N) is 3. The number of rotatable bonds is 1. The summed E-state index contributed by atoms with van der Waals surface area (Å²) >= 11 is 0. The van der Waals surface area contributed by atoms with Crippen LogP contribution in [-0.4, -0.2) is 14.8 Å². The summed E-state index contributed by atoms with van der Waals surface area (Å²) in [5.74, 6) is 0.120. The Bertz CT molecular complexity index is 957. The quantitative estimate of drug-likeness (QED) is 0.581. The molecular weight excluding hydrogens is 267 g/mol. The lowest BCUT2D eigenvalue weighted by Crippen LogP contribution is -1.98.